The Kier molecular flexibility index (Phi) is 3.47. The molecule has 110 valence electrons. The minimum Gasteiger partial charge on any atom is -0.447 e. The fourth-order valence-electron chi connectivity index (χ4n) is 2.19. The van der Waals surface area contributed by atoms with E-state index in [1.54, 1.807) is 11.8 Å². The van der Waals surface area contributed by atoms with Crippen molar-refractivity contribution in [2.75, 3.05) is 23.4 Å². The van der Waals surface area contributed by atoms with Gasteiger partial charge in [0.25, 0.3) is 0 Å². The maximum atomic E-state index is 11.6. The number of carbonyl (C=O) groups excluding carboxylic acids is 1. The van der Waals surface area contributed by atoms with Gasteiger partial charge >= 0.3 is 6.09 Å². The van der Waals surface area contributed by atoms with Crippen LogP contribution < -0.4 is 10.2 Å². The third-order valence-electron chi connectivity index (χ3n) is 3.22. The first-order chi connectivity index (χ1) is 10.1. The molecular weight excluding hydrogens is 272 g/mol. The van der Waals surface area contributed by atoms with Crippen molar-refractivity contribution in [3.63, 3.8) is 0 Å². The number of hydrogen-bond donors (Lipinski definition) is 1. The summed E-state index contributed by atoms with van der Waals surface area (Å²) >= 11 is 0. The van der Waals surface area contributed by atoms with Gasteiger partial charge in [-0.3, -0.25) is 4.90 Å². The Labute approximate surface area is 121 Å². The number of aromatic nitrogens is 2. The predicted octanol–water partition coefficient (Wildman–Crippen LogP) is 2.51. The average molecular weight is 288 g/mol. The summed E-state index contributed by atoms with van der Waals surface area (Å²) in [4.78, 5) is 17.4. The van der Waals surface area contributed by atoms with Gasteiger partial charge in [-0.2, -0.15) is 4.98 Å². The van der Waals surface area contributed by atoms with Crippen LogP contribution in [0.2, 0.25) is 0 Å². The summed E-state index contributed by atoms with van der Waals surface area (Å²) in [6, 6.07) is 7.46. The van der Waals surface area contributed by atoms with Gasteiger partial charge in [-0.25, -0.2) is 4.79 Å². The third-order valence-corrected chi connectivity index (χ3v) is 3.22. The van der Waals surface area contributed by atoms with E-state index in [9.17, 15) is 4.79 Å². The zero-order valence-electron chi connectivity index (χ0n) is 11.9. The first kappa shape index (κ1) is 13.4. The lowest BCUT2D eigenvalue weighted by Gasteiger charge is -2.16. The number of ether oxygens (including phenoxy) is 1. The lowest BCUT2D eigenvalue weighted by atomic mass is 10.2. The summed E-state index contributed by atoms with van der Waals surface area (Å²) in [5.74, 6) is 1.13. The Bertz CT molecular complexity index is 655. The Hall–Kier alpha value is -2.57. The largest absolute Gasteiger partial charge is 0.447 e. The number of carbonyl (C=O) groups is 1. The summed E-state index contributed by atoms with van der Waals surface area (Å²) in [5, 5.41) is 7.05. The number of cyclic esters (lactones) is 1. The van der Waals surface area contributed by atoms with Crippen LogP contribution in [0.25, 0.3) is 0 Å². The van der Waals surface area contributed by atoms with E-state index in [1.807, 2.05) is 31.2 Å². The van der Waals surface area contributed by atoms with Gasteiger partial charge in [0, 0.05) is 11.4 Å². The normalized spacial score (nSPS) is 15.9. The first-order valence-corrected chi connectivity index (χ1v) is 6.74. The van der Waals surface area contributed by atoms with Crippen molar-refractivity contribution in [3.8, 4) is 0 Å². The highest BCUT2D eigenvalue weighted by atomic mass is 16.6. The molecule has 0 spiro atoms. The Balaban J connectivity index is 1.75. The SMILES string of the molecule is Cc1noc([C@@H](C)Nc2cccc(N3CCOC3=O)c2)n1. The monoisotopic (exact) mass is 288 g/mol. The van der Waals surface area contributed by atoms with Gasteiger partial charge in [0.05, 0.1) is 6.54 Å². The van der Waals surface area contributed by atoms with E-state index in [2.05, 4.69) is 15.5 Å². The predicted molar refractivity (Wildman–Crippen MR) is 76.2 cm³/mol. The summed E-state index contributed by atoms with van der Waals surface area (Å²) < 4.78 is 10.1. The van der Waals surface area contributed by atoms with Crippen LogP contribution in [-0.4, -0.2) is 29.4 Å². The van der Waals surface area contributed by atoms with Gasteiger partial charge in [0.2, 0.25) is 5.89 Å². The fraction of sp³-hybridized carbons (Fsp3) is 0.357. The molecule has 2 aromatic rings. The van der Waals surface area contributed by atoms with Crippen LogP contribution in [-0.2, 0) is 4.74 Å². The zero-order chi connectivity index (χ0) is 14.8. The van der Waals surface area contributed by atoms with Crippen molar-refractivity contribution in [2.45, 2.75) is 19.9 Å². The molecule has 1 aliphatic rings. The van der Waals surface area contributed by atoms with Crippen molar-refractivity contribution in [1.29, 1.82) is 0 Å². The molecule has 1 N–H and O–H groups in total. The molecule has 0 unspecified atom stereocenters. The number of aryl methyl sites for hydroxylation is 1. The van der Waals surface area contributed by atoms with Crippen LogP contribution in [0.3, 0.4) is 0 Å². The molecule has 1 aromatic carbocycles. The quantitative estimate of drug-likeness (QED) is 0.931. The second-order valence-electron chi connectivity index (χ2n) is 4.86. The fourth-order valence-corrected chi connectivity index (χ4v) is 2.19. The van der Waals surface area contributed by atoms with Crippen molar-refractivity contribution in [2.24, 2.45) is 0 Å². The van der Waals surface area contributed by atoms with Gasteiger partial charge in [-0.1, -0.05) is 11.2 Å². The van der Waals surface area contributed by atoms with Crippen molar-refractivity contribution < 1.29 is 14.1 Å². The number of hydrogen-bond acceptors (Lipinski definition) is 6. The number of nitrogens with zero attached hydrogens (tertiary/aromatic N) is 3. The van der Waals surface area contributed by atoms with Crippen LogP contribution in [0.4, 0.5) is 16.2 Å². The second kappa shape index (κ2) is 5.43. The van der Waals surface area contributed by atoms with Gasteiger partial charge in [0.15, 0.2) is 5.82 Å². The Morgan fingerprint density at radius 3 is 2.95 bits per heavy atom. The third kappa shape index (κ3) is 2.81. The standard InChI is InChI=1S/C14H16N4O3/c1-9(13-16-10(2)17-21-13)15-11-4-3-5-12(8-11)18-6-7-20-14(18)19/h3-5,8-9,15H,6-7H2,1-2H3/t9-/m1/s1. The van der Waals surface area contributed by atoms with Crippen LogP contribution >= 0.6 is 0 Å². The topological polar surface area (TPSA) is 80.5 Å². The smallest absolute Gasteiger partial charge is 0.414 e. The number of amides is 1. The molecule has 1 amide bonds. The summed E-state index contributed by atoms with van der Waals surface area (Å²) in [7, 11) is 0. The number of rotatable bonds is 4. The van der Waals surface area contributed by atoms with Crippen LogP contribution in [0.5, 0.6) is 0 Å². The molecule has 1 aromatic heterocycles. The van der Waals surface area contributed by atoms with E-state index in [0.717, 1.165) is 11.4 Å². The second-order valence-corrected chi connectivity index (χ2v) is 4.86. The molecule has 0 radical (unpaired) electrons. The number of nitrogens with one attached hydrogen (secondary N) is 1. The van der Waals surface area contributed by atoms with E-state index < -0.39 is 0 Å². The molecule has 1 fully saturated rings. The van der Waals surface area contributed by atoms with Crippen LogP contribution in [0, 0.1) is 6.92 Å². The molecule has 1 aliphatic heterocycles. The molecule has 3 rings (SSSR count). The molecular formula is C14H16N4O3. The van der Waals surface area contributed by atoms with E-state index in [4.69, 9.17) is 9.26 Å². The van der Waals surface area contributed by atoms with Crippen molar-refractivity contribution in [1.82, 2.24) is 10.1 Å². The number of anilines is 2. The highest BCUT2D eigenvalue weighted by molar-refractivity contribution is 5.89. The van der Waals surface area contributed by atoms with Gasteiger partial charge in [0.1, 0.15) is 12.6 Å². The molecule has 7 heteroatoms. The van der Waals surface area contributed by atoms with E-state index in [0.29, 0.717) is 24.9 Å². The minimum absolute atomic E-state index is 0.119. The van der Waals surface area contributed by atoms with Crippen molar-refractivity contribution >= 4 is 17.5 Å². The zero-order valence-corrected chi connectivity index (χ0v) is 11.9. The summed E-state index contributed by atoms with van der Waals surface area (Å²) in [5.41, 5.74) is 1.67. The van der Waals surface area contributed by atoms with Gasteiger partial charge < -0.3 is 14.6 Å². The Morgan fingerprint density at radius 1 is 1.43 bits per heavy atom. The minimum atomic E-state index is -0.312. The molecule has 0 aliphatic carbocycles. The van der Waals surface area contributed by atoms with Gasteiger partial charge in [-0.05, 0) is 32.0 Å². The molecule has 1 saturated heterocycles. The highest BCUT2D eigenvalue weighted by Gasteiger charge is 2.23. The first-order valence-electron chi connectivity index (χ1n) is 6.74. The van der Waals surface area contributed by atoms with E-state index >= 15 is 0 Å². The molecule has 2 heterocycles. The van der Waals surface area contributed by atoms with Crippen LogP contribution in [0.15, 0.2) is 28.8 Å². The molecule has 0 saturated carbocycles. The van der Waals surface area contributed by atoms with Crippen molar-refractivity contribution in [3.05, 3.63) is 36.0 Å². The maximum Gasteiger partial charge on any atom is 0.414 e. The molecule has 0 bridgehead atoms. The maximum absolute atomic E-state index is 11.6. The average Bonchev–Trinajstić information content (AvgIpc) is 3.08. The lowest BCUT2D eigenvalue weighted by Crippen LogP contribution is -2.23. The Morgan fingerprint density at radius 2 is 2.29 bits per heavy atom. The van der Waals surface area contributed by atoms with Crippen LogP contribution in [0.1, 0.15) is 24.7 Å². The molecule has 7 nitrogen and oxygen atoms in total. The van der Waals surface area contributed by atoms with Gasteiger partial charge in [-0.15, -0.1) is 0 Å². The lowest BCUT2D eigenvalue weighted by molar-refractivity contribution is 0.181. The summed E-state index contributed by atoms with van der Waals surface area (Å²) in [6.07, 6.45) is -0.312. The number of benzene rings is 1. The summed E-state index contributed by atoms with van der Waals surface area (Å²) in [6.45, 7) is 4.71. The van der Waals surface area contributed by atoms with E-state index in [-0.39, 0.29) is 12.1 Å². The molecule has 21 heavy (non-hydrogen) atoms. The molecule has 1 atom stereocenters. The van der Waals surface area contributed by atoms with E-state index in [1.165, 1.54) is 0 Å². The highest BCUT2D eigenvalue weighted by Crippen LogP contribution is 2.25.